The van der Waals surface area contributed by atoms with Crippen LogP contribution in [0.1, 0.15) is 20.8 Å². The van der Waals surface area contributed by atoms with Gasteiger partial charge in [0.05, 0.1) is 0 Å². The third-order valence-electron chi connectivity index (χ3n) is 3.72. The lowest BCUT2D eigenvalue weighted by Gasteiger charge is -2.48. The molecule has 0 radical (unpaired) electrons. The largest absolute Gasteiger partial charge is 0.418 e. The molecule has 0 bridgehead atoms. The van der Waals surface area contributed by atoms with Gasteiger partial charge in [-0.15, -0.1) is 0 Å². The van der Waals surface area contributed by atoms with Crippen LogP contribution in [-0.4, -0.2) is 44.8 Å². The highest BCUT2D eigenvalue weighted by atomic mass is 28.5. The molecule has 0 spiro atoms. The first kappa shape index (κ1) is 16.6. The van der Waals surface area contributed by atoms with E-state index in [0.717, 1.165) is 19.8 Å². The monoisotopic (exact) mass is 306 g/mol. The zero-order valence-corrected chi connectivity index (χ0v) is 16.0. The van der Waals surface area contributed by atoms with Crippen LogP contribution in [0.3, 0.4) is 0 Å². The normalized spacial score (nSPS) is 41.0. The van der Waals surface area contributed by atoms with E-state index >= 15 is 0 Å². The molecule has 108 valence electrons. The second-order valence-electron chi connectivity index (χ2n) is 6.18. The average molecular weight is 307 g/mol. The van der Waals surface area contributed by atoms with Crippen molar-refractivity contribution >= 4 is 25.0 Å². The molecule has 0 aromatic carbocycles. The number of rotatable bonds is 6. The van der Waals surface area contributed by atoms with Gasteiger partial charge < -0.3 is 13.3 Å². The zero-order chi connectivity index (χ0) is 13.9. The standard InChI is InChI=1S/C12H30O3Si3/c1-7-13-16(4)10-17(5,14-8-2)12-18(6,11-16)15-9-3/h7-12H2,1-6H3. The maximum Gasteiger partial charge on any atom is 0.189 e. The molecule has 0 aromatic heterocycles. The van der Waals surface area contributed by atoms with Crippen molar-refractivity contribution in [1.82, 2.24) is 0 Å². The summed E-state index contributed by atoms with van der Waals surface area (Å²) in [6.07, 6.45) is 0. The van der Waals surface area contributed by atoms with Crippen LogP contribution >= 0.6 is 0 Å². The van der Waals surface area contributed by atoms with Gasteiger partial charge in [0.1, 0.15) is 0 Å². The Labute approximate surface area is 116 Å². The Bertz CT molecular complexity index is 224. The Balaban J connectivity index is 2.91. The van der Waals surface area contributed by atoms with Crippen LogP contribution in [0.5, 0.6) is 0 Å². The van der Waals surface area contributed by atoms with E-state index in [1.54, 1.807) is 0 Å². The minimum absolute atomic E-state index is 0.843. The van der Waals surface area contributed by atoms with E-state index in [1.807, 2.05) is 0 Å². The summed E-state index contributed by atoms with van der Waals surface area (Å²) in [6, 6.07) is 0. The first-order valence-corrected chi connectivity index (χ1v) is 15.7. The molecule has 1 rings (SSSR count). The van der Waals surface area contributed by atoms with Crippen LogP contribution in [0, 0.1) is 0 Å². The lowest BCUT2D eigenvalue weighted by atomic mass is 10.9. The molecule has 1 aliphatic heterocycles. The maximum atomic E-state index is 6.20. The van der Waals surface area contributed by atoms with Gasteiger partial charge in [-0.05, 0) is 57.4 Å². The van der Waals surface area contributed by atoms with Crippen LogP contribution < -0.4 is 0 Å². The molecule has 1 aliphatic rings. The first-order chi connectivity index (χ1) is 8.30. The second-order valence-corrected chi connectivity index (χ2v) is 20.0. The van der Waals surface area contributed by atoms with Gasteiger partial charge >= 0.3 is 0 Å². The molecular formula is C12H30O3Si3. The van der Waals surface area contributed by atoms with E-state index in [-0.39, 0.29) is 0 Å². The van der Waals surface area contributed by atoms with E-state index in [1.165, 1.54) is 17.0 Å². The molecule has 1 fully saturated rings. The zero-order valence-electron chi connectivity index (χ0n) is 13.0. The molecule has 0 N–H and O–H groups in total. The van der Waals surface area contributed by atoms with Crippen molar-refractivity contribution in [2.45, 2.75) is 57.4 Å². The summed E-state index contributed by atoms with van der Waals surface area (Å²) in [7, 11) is -4.83. The van der Waals surface area contributed by atoms with Crippen LogP contribution in [0.2, 0.25) is 36.6 Å². The third kappa shape index (κ3) is 4.28. The summed E-state index contributed by atoms with van der Waals surface area (Å²) in [5.74, 6) is 0. The maximum absolute atomic E-state index is 6.20. The Kier molecular flexibility index (Phi) is 5.82. The summed E-state index contributed by atoms with van der Waals surface area (Å²) < 4.78 is 18.6. The molecule has 0 aromatic rings. The fraction of sp³-hybridized carbons (Fsp3) is 1.00. The fourth-order valence-electron chi connectivity index (χ4n) is 3.91. The predicted octanol–water partition coefficient (Wildman–Crippen LogP) is 3.45. The number of hydrogen-bond acceptors (Lipinski definition) is 3. The van der Waals surface area contributed by atoms with Gasteiger partial charge in [-0.25, -0.2) is 0 Å². The minimum Gasteiger partial charge on any atom is -0.418 e. The molecule has 6 heteroatoms. The lowest BCUT2D eigenvalue weighted by Crippen LogP contribution is -2.62. The Morgan fingerprint density at radius 1 is 0.611 bits per heavy atom. The first-order valence-electron chi connectivity index (χ1n) is 7.22. The van der Waals surface area contributed by atoms with E-state index in [4.69, 9.17) is 13.3 Å². The quantitative estimate of drug-likeness (QED) is 0.703. The second kappa shape index (κ2) is 6.32. The molecule has 0 saturated carbocycles. The molecular weight excluding hydrogens is 276 g/mol. The average Bonchev–Trinajstić information content (AvgIpc) is 2.14. The predicted molar refractivity (Wildman–Crippen MR) is 84.2 cm³/mol. The summed E-state index contributed by atoms with van der Waals surface area (Å²) >= 11 is 0. The van der Waals surface area contributed by atoms with Crippen molar-refractivity contribution in [3.63, 3.8) is 0 Å². The van der Waals surface area contributed by atoms with Gasteiger partial charge in [-0.3, -0.25) is 0 Å². The van der Waals surface area contributed by atoms with Crippen molar-refractivity contribution in [2.24, 2.45) is 0 Å². The highest BCUT2D eigenvalue weighted by Gasteiger charge is 2.55. The summed E-state index contributed by atoms with van der Waals surface area (Å²) in [4.78, 5) is 0. The minimum atomic E-state index is -1.61. The van der Waals surface area contributed by atoms with Crippen LogP contribution in [0.25, 0.3) is 0 Å². The topological polar surface area (TPSA) is 27.7 Å². The van der Waals surface area contributed by atoms with Crippen LogP contribution in [0.4, 0.5) is 0 Å². The summed E-state index contributed by atoms with van der Waals surface area (Å²) in [5, 5.41) is 0. The van der Waals surface area contributed by atoms with E-state index in [0.29, 0.717) is 0 Å². The molecule has 3 nitrogen and oxygen atoms in total. The molecule has 0 unspecified atom stereocenters. The summed E-state index contributed by atoms with van der Waals surface area (Å²) in [6.45, 7) is 16.1. The highest BCUT2D eigenvalue weighted by Crippen LogP contribution is 2.41. The van der Waals surface area contributed by atoms with E-state index < -0.39 is 25.0 Å². The Morgan fingerprint density at radius 2 is 0.833 bits per heavy atom. The van der Waals surface area contributed by atoms with E-state index in [2.05, 4.69) is 40.4 Å². The van der Waals surface area contributed by atoms with Gasteiger partial charge in [-0.1, -0.05) is 0 Å². The lowest BCUT2D eigenvalue weighted by molar-refractivity contribution is 0.293. The van der Waals surface area contributed by atoms with E-state index in [9.17, 15) is 0 Å². The highest BCUT2D eigenvalue weighted by molar-refractivity contribution is 7.08. The van der Waals surface area contributed by atoms with Gasteiger partial charge in [0.25, 0.3) is 0 Å². The molecule has 0 aliphatic carbocycles. The van der Waals surface area contributed by atoms with Gasteiger partial charge in [0.2, 0.25) is 0 Å². The van der Waals surface area contributed by atoms with Gasteiger partial charge in [-0.2, -0.15) is 0 Å². The van der Waals surface area contributed by atoms with Crippen molar-refractivity contribution < 1.29 is 13.3 Å². The molecule has 1 heterocycles. The van der Waals surface area contributed by atoms with Crippen molar-refractivity contribution in [3.8, 4) is 0 Å². The van der Waals surface area contributed by atoms with Crippen LogP contribution in [-0.2, 0) is 13.3 Å². The van der Waals surface area contributed by atoms with Gasteiger partial charge in [0.15, 0.2) is 25.0 Å². The Hall–Kier alpha value is 0.531. The Morgan fingerprint density at radius 3 is 1.00 bits per heavy atom. The molecule has 18 heavy (non-hydrogen) atoms. The van der Waals surface area contributed by atoms with Crippen LogP contribution in [0.15, 0.2) is 0 Å². The van der Waals surface area contributed by atoms with Crippen molar-refractivity contribution in [2.75, 3.05) is 19.8 Å². The molecule has 0 atom stereocenters. The number of hydrogen-bond donors (Lipinski definition) is 0. The molecule has 1 saturated heterocycles. The third-order valence-corrected chi connectivity index (χ3v) is 24.6. The van der Waals surface area contributed by atoms with Gasteiger partial charge in [0, 0.05) is 19.8 Å². The van der Waals surface area contributed by atoms with Crippen molar-refractivity contribution in [1.29, 1.82) is 0 Å². The molecule has 0 amide bonds. The summed E-state index contributed by atoms with van der Waals surface area (Å²) in [5.41, 5.74) is 3.74. The fourth-order valence-corrected chi connectivity index (χ4v) is 32.3. The van der Waals surface area contributed by atoms with Crippen molar-refractivity contribution in [3.05, 3.63) is 0 Å². The SMILES string of the molecule is CCO[Si]1(C)C[Si](C)(OCC)C[Si](C)(OCC)C1. The smallest absolute Gasteiger partial charge is 0.189 e.